The summed E-state index contributed by atoms with van der Waals surface area (Å²) in [6, 6.07) is 10.6. The summed E-state index contributed by atoms with van der Waals surface area (Å²) in [7, 11) is 0. The summed E-state index contributed by atoms with van der Waals surface area (Å²) in [6.45, 7) is 2.05. The first-order chi connectivity index (χ1) is 13.1. The van der Waals surface area contributed by atoms with Crippen LogP contribution in [0.5, 0.6) is 0 Å². The van der Waals surface area contributed by atoms with E-state index in [1.807, 2.05) is 30.3 Å². The maximum Gasteiger partial charge on any atom is 0.287 e. The average Bonchev–Trinajstić information content (AvgIpc) is 3.20. The highest BCUT2D eigenvalue weighted by Gasteiger charge is 2.27. The third-order valence-electron chi connectivity index (χ3n) is 4.33. The van der Waals surface area contributed by atoms with E-state index in [0.29, 0.717) is 0 Å². The van der Waals surface area contributed by atoms with Crippen LogP contribution in [0.15, 0.2) is 53.3 Å². The lowest BCUT2D eigenvalue weighted by Crippen LogP contribution is -2.38. The number of benzene rings is 1. The van der Waals surface area contributed by atoms with Gasteiger partial charge in [-0.15, -0.1) is 0 Å². The molecule has 3 rings (SSSR count). The number of rotatable bonds is 6. The fraction of sp³-hybridized carbons (Fsp3) is 0.250. The number of amides is 3. The Kier molecular flexibility index (Phi) is 5.71. The summed E-state index contributed by atoms with van der Waals surface area (Å²) >= 11 is 0. The van der Waals surface area contributed by atoms with Gasteiger partial charge < -0.3 is 20.0 Å². The van der Waals surface area contributed by atoms with Gasteiger partial charge in [-0.25, -0.2) is 0 Å². The molecule has 7 heteroatoms. The van der Waals surface area contributed by atoms with E-state index in [1.165, 1.54) is 13.2 Å². The van der Waals surface area contributed by atoms with Gasteiger partial charge in [0.05, 0.1) is 18.7 Å². The van der Waals surface area contributed by atoms with Crippen molar-refractivity contribution in [3.63, 3.8) is 0 Å². The van der Waals surface area contributed by atoms with Crippen LogP contribution in [0.1, 0.15) is 41.1 Å². The summed E-state index contributed by atoms with van der Waals surface area (Å²) in [4.78, 5) is 37.6. The van der Waals surface area contributed by atoms with Gasteiger partial charge in [-0.1, -0.05) is 24.3 Å². The van der Waals surface area contributed by atoms with Gasteiger partial charge in [0.15, 0.2) is 5.76 Å². The molecule has 0 spiro atoms. The molecule has 7 nitrogen and oxygen atoms in total. The lowest BCUT2D eigenvalue weighted by atomic mass is 9.93. The van der Waals surface area contributed by atoms with Crippen molar-refractivity contribution in [3.05, 3.63) is 65.7 Å². The van der Waals surface area contributed by atoms with Crippen molar-refractivity contribution < 1.29 is 18.8 Å². The van der Waals surface area contributed by atoms with E-state index in [0.717, 1.165) is 11.1 Å². The number of carbonyl (C=O) groups excluding carboxylic acids is 3. The van der Waals surface area contributed by atoms with E-state index in [4.69, 9.17) is 4.42 Å². The predicted octanol–water partition coefficient (Wildman–Crippen LogP) is 2.09. The Morgan fingerprint density at radius 2 is 1.85 bits per heavy atom. The largest absolute Gasteiger partial charge is 0.459 e. The molecule has 0 aliphatic carbocycles. The number of nitrogens with zero attached hydrogens (tertiary/aromatic N) is 1. The molecule has 0 saturated heterocycles. The molecule has 140 valence electrons. The van der Waals surface area contributed by atoms with Crippen molar-refractivity contribution in [2.45, 2.75) is 19.4 Å². The second-order valence-corrected chi connectivity index (χ2v) is 6.17. The van der Waals surface area contributed by atoms with Gasteiger partial charge in [0.2, 0.25) is 11.8 Å². The Balaban J connectivity index is 1.53. The molecule has 27 heavy (non-hydrogen) atoms. The Labute approximate surface area is 157 Å². The van der Waals surface area contributed by atoms with Crippen LogP contribution >= 0.6 is 0 Å². The second kappa shape index (κ2) is 8.35. The second-order valence-electron chi connectivity index (χ2n) is 6.17. The fourth-order valence-corrected chi connectivity index (χ4v) is 3.03. The molecule has 0 unspecified atom stereocenters. The van der Waals surface area contributed by atoms with E-state index < -0.39 is 0 Å². The molecular formula is C20H21N3O4. The normalized spacial score (nSPS) is 15.1. The van der Waals surface area contributed by atoms with E-state index in [-0.39, 0.29) is 49.0 Å². The molecule has 1 aromatic carbocycles. The van der Waals surface area contributed by atoms with Crippen molar-refractivity contribution in [3.8, 4) is 0 Å². The number of hydrogen-bond donors (Lipinski definition) is 2. The highest BCUT2D eigenvalue weighted by atomic mass is 16.3. The van der Waals surface area contributed by atoms with Gasteiger partial charge in [0.1, 0.15) is 0 Å². The molecule has 2 aromatic rings. The number of hydrogen-bond acceptors (Lipinski definition) is 4. The standard InChI is InChI=1S/C20H21N3O4/c1-14(24)23-11-8-15-5-2-3-6-16(15)17(23)13-19(25)21-9-10-22-20(26)18-7-4-12-27-18/h2-8,11-12,17H,9-10,13H2,1H3,(H,21,25)(H,22,26)/t17-/m1/s1. The van der Waals surface area contributed by atoms with E-state index in [1.54, 1.807) is 23.2 Å². The summed E-state index contributed by atoms with van der Waals surface area (Å²) in [6.07, 6.45) is 5.16. The first-order valence-corrected chi connectivity index (χ1v) is 8.70. The van der Waals surface area contributed by atoms with E-state index in [2.05, 4.69) is 10.6 Å². The van der Waals surface area contributed by atoms with Gasteiger partial charge in [0.25, 0.3) is 5.91 Å². The summed E-state index contributed by atoms with van der Waals surface area (Å²) in [5.41, 5.74) is 1.94. The Bertz CT molecular complexity index is 858. The number of carbonyl (C=O) groups is 3. The van der Waals surface area contributed by atoms with Crippen LogP contribution in [-0.2, 0) is 9.59 Å². The number of nitrogens with one attached hydrogen (secondary N) is 2. The highest BCUT2D eigenvalue weighted by molar-refractivity contribution is 5.91. The minimum atomic E-state index is -0.346. The molecule has 1 aromatic heterocycles. The minimum absolute atomic E-state index is 0.121. The van der Waals surface area contributed by atoms with Crippen molar-refractivity contribution >= 4 is 23.8 Å². The van der Waals surface area contributed by atoms with Crippen LogP contribution in [0.4, 0.5) is 0 Å². The van der Waals surface area contributed by atoms with Gasteiger partial charge in [-0.05, 0) is 29.3 Å². The van der Waals surface area contributed by atoms with Crippen LogP contribution < -0.4 is 10.6 Å². The first kappa shape index (κ1) is 18.4. The van der Waals surface area contributed by atoms with Crippen molar-refractivity contribution in [1.82, 2.24) is 15.5 Å². The summed E-state index contributed by atoms with van der Waals surface area (Å²) in [5.74, 6) is -0.416. The average molecular weight is 367 g/mol. The third kappa shape index (κ3) is 4.44. The van der Waals surface area contributed by atoms with Gasteiger partial charge in [0, 0.05) is 26.2 Å². The zero-order chi connectivity index (χ0) is 19.2. The predicted molar refractivity (Wildman–Crippen MR) is 99.4 cm³/mol. The molecule has 2 N–H and O–H groups in total. The first-order valence-electron chi connectivity index (χ1n) is 8.70. The Morgan fingerprint density at radius 1 is 1.07 bits per heavy atom. The van der Waals surface area contributed by atoms with Crippen LogP contribution in [-0.4, -0.2) is 35.7 Å². The van der Waals surface area contributed by atoms with Crippen LogP contribution in [0.2, 0.25) is 0 Å². The summed E-state index contributed by atoms with van der Waals surface area (Å²) < 4.78 is 5.00. The maximum absolute atomic E-state index is 12.4. The smallest absolute Gasteiger partial charge is 0.287 e. The lowest BCUT2D eigenvalue weighted by Gasteiger charge is -2.32. The molecule has 1 aliphatic rings. The van der Waals surface area contributed by atoms with Crippen LogP contribution in [0, 0.1) is 0 Å². The zero-order valence-corrected chi connectivity index (χ0v) is 15.0. The molecule has 3 amide bonds. The van der Waals surface area contributed by atoms with Crippen LogP contribution in [0.3, 0.4) is 0 Å². The van der Waals surface area contributed by atoms with Gasteiger partial charge in [-0.3, -0.25) is 14.4 Å². The molecule has 1 aliphatic heterocycles. The highest BCUT2D eigenvalue weighted by Crippen LogP contribution is 2.32. The van der Waals surface area contributed by atoms with E-state index >= 15 is 0 Å². The van der Waals surface area contributed by atoms with Crippen molar-refractivity contribution in [2.75, 3.05) is 13.1 Å². The molecule has 0 radical (unpaired) electrons. The molecule has 0 bridgehead atoms. The number of furan rings is 1. The zero-order valence-electron chi connectivity index (χ0n) is 15.0. The van der Waals surface area contributed by atoms with Crippen molar-refractivity contribution in [2.24, 2.45) is 0 Å². The Hall–Kier alpha value is -3.35. The fourth-order valence-electron chi connectivity index (χ4n) is 3.03. The van der Waals surface area contributed by atoms with Crippen molar-refractivity contribution in [1.29, 1.82) is 0 Å². The van der Waals surface area contributed by atoms with Gasteiger partial charge >= 0.3 is 0 Å². The summed E-state index contributed by atoms with van der Waals surface area (Å²) in [5, 5.41) is 5.44. The van der Waals surface area contributed by atoms with Crippen LogP contribution in [0.25, 0.3) is 6.08 Å². The molecule has 0 saturated carbocycles. The molecule has 0 fully saturated rings. The molecular weight excluding hydrogens is 346 g/mol. The minimum Gasteiger partial charge on any atom is -0.459 e. The quantitative estimate of drug-likeness (QED) is 0.765. The number of fused-ring (bicyclic) bond motifs is 1. The van der Waals surface area contributed by atoms with E-state index in [9.17, 15) is 14.4 Å². The lowest BCUT2D eigenvalue weighted by molar-refractivity contribution is -0.129. The maximum atomic E-state index is 12.4. The van der Waals surface area contributed by atoms with Gasteiger partial charge in [-0.2, -0.15) is 0 Å². The Morgan fingerprint density at radius 3 is 2.59 bits per heavy atom. The monoisotopic (exact) mass is 367 g/mol. The molecule has 2 heterocycles. The third-order valence-corrected chi connectivity index (χ3v) is 4.33. The molecule has 1 atom stereocenters. The SMILES string of the molecule is CC(=O)N1C=Cc2ccccc2[C@H]1CC(=O)NCCNC(=O)c1ccco1. The topological polar surface area (TPSA) is 91.7 Å².